The van der Waals surface area contributed by atoms with Crippen LogP contribution in [0.15, 0.2) is 54.6 Å². The molecular formula is C23H29N3O2. The van der Waals surface area contributed by atoms with E-state index in [1.54, 1.807) is 4.90 Å². The first-order chi connectivity index (χ1) is 13.6. The second-order valence-electron chi connectivity index (χ2n) is 7.29. The SMILES string of the molecule is CCCN1CCN(C(=O)CN)C[C@@H](Cc2ccccc2-c2ccccc2)C1=O. The molecule has 0 bridgehead atoms. The fourth-order valence-electron chi connectivity index (χ4n) is 3.91. The van der Waals surface area contributed by atoms with Crippen LogP contribution in [-0.4, -0.2) is 54.3 Å². The Labute approximate surface area is 167 Å². The van der Waals surface area contributed by atoms with Crippen LogP contribution in [0.3, 0.4) is 0 Å². The van der Waals surface area contributed by atoms with Crippen LogP contribution in [0.5, 0.6) is 0 Å². The topological polar surface area (TPSA) is 66.6 Å². The Morgan fingerprint density at radius 1 is 1.07 bits per heavy atom. The molecular weight excluding hydrogens is 350 g/mol. The van der Waals surface area contributed by atoms with Crippen LogP contribution in [0.2, 0.25) is 0 Å². The summed E-state index contributed by atoms with van der Waals surface area (Å²) in [5, 5.41) is 0. The Kier molecular flexibility index (Phi) is 6.82. The zero-order valence-corrected chi connectivity index (χ0v) is 16.5. The molecule has 1 atom stereocenters. The van der Waals surface area contributed by atoms with Gasteiger partial charge in [-0.1, -0.05) is 61.5 Å². The summed E-state index contributed by atoms with van der Waals surface area (Å²) in [5.74, 6) is -0.209. The maximum atomic E-state index is 13.2. The van der Waals surface area contributed by atoms with Crippen LogP contribution < -0.4 is 5.73 Å². The summed E-state index contributed by atoms with van der Waals surface area (Å²) in [6.07, 6.45) is 1.52. The van der Waals surface area contributed by atoms with E-state index in [1.807, 2.05) is 35.2 Å². The van der Waals surface area contributed by atoms with Crippen LogP contribution in [0, 0.1) is 5.92 Å². The molecule has 5 nitrogen and oxygen atoms in total. The van der Waals surface area contributed by atoms with Crippen LogP contribution in [0.25, 0.3) is 11.1 Å². The van der Waals surface area contributed by atoms with Gasteiger partial charge in [0, 0.05) is 26.2 Å². The highest BCUT2D eigenvalue weighted by Crippen LogP contribution is 2.27. The zero-order valence-electron chi connectivity index (χ0n) is 16.5. The third-order valence-electron chi connectivity index (χ3n) is 5.33. The molecule has 1 fully saturated rings. The Hall–Kier alpha value is -2.66. The molecule has 1 aliphatic rings. The molecule has 2 aromatic rings. The van der Waals surface area contributed by atoms with Crippen molar-refractivity contribution in [2.45, 2.75) is 19.8 Å². The summed E-state index contributed by atoms with van der Waals surface area (Å²) < 4.78 is 0. The molecule has 28 heavy (non-hydrogen) atoms. The Bertz CT molecular complexity index is 807. The van der Waals surface area contributed by atoms with E-state index in [9.17, 15) is 9.59 Å². The molecule has 0 radical (unpaired) electrons. The standard InChI is InChI=1S/C23H29N3O2/c1-2-12-25-13-14-26(22(27)16-24)17-20(23(25)28)15-19-10-6-7-11-21(19)18-8-4-3-5-9-18/h3-11,20H,2,12-17,24H2,1H3/t20-/m1/s1. The summed E-state index contributed by atoms with van der Waals surface area (Å²) in [5.41, 5.74) is 9.00. The third kappa shape index (κ3) is 4.60. The van der Waals surface area contributed by atoms with Crippen molar-refractivity contribution in [2.24, 2.45) is 11.7 Å². The number of rotatable bonds is 6. The lowest BCUT2D eigenvalue weighted by molar-refractivity contribution is -0.134. The summed E-state index contributed by atoms with van der Waals surface area (Å²) in [6.45, 7) is 4.34. The summed E-state index contributed by atoms with van der Waals surface area (Å²) in [6, 6.07) is 18.4. The number of nitrogens with two attached hydrogens (primary N) is 1. The molecule has 1 saturated heterocycles. The van der Waals surface area contributed by atoms with Crippen LogP contribution in [0.1, 0.15) is 18.9 Å². The molecule has 148 valence electrons. The van der Waals surface area contributed by atoms with Crippen LogP contribution in [-0.2, 0) is 16.0 Å². The Balaban J connectivity index is 1.90. The average Bonchev–Trinajstić information content (AvgIpc) is 2.89. The number of nitrogens with zero attached hydrogens (tertiary/aromatic N) is 2. The highest BCUT2D eigenvalue weighted by molar-refractivity contribution is 5.83. The van der Waals surface area contributed by atoms with E-state index in [1.165, 1.54) is 0 Å². The van der Waals surface area contributed by atoms with Gasteiger partial charge in [-0.3, -0.25) is 9.59 Å². The zero-order chi connectivity index (χ0) is 19.9. The van der Waals surface area contributed by atoms with Gasteiger partial charge in [0.15, 0.2) is 0 Å². The van der Waals surface area contributed by atoms with E-state index in [2.05, 4.69) is 31.2 Å². The Morgan fingerprint density at radius 3 is 2.50 bits per heavy atom. The van der Waals surface area contributed by atoms with Crippen molar-refractivity contribution in [2.75, 3.05) is 32.7 Å². The predicted octanol–water partition coefficient (Wildman–Crippen LogP) is 2.55. The molecule has 0 unspecified atom stereocenters. The first-order valence-corrected chi connectivity index (χ1v) is 10.0. The number of carbonyl (C=O) groups is 2. The third-order valence-corrected chi connectivity index (χ3v) is 5.33. The lowest BCUT2D eigenvalue weighted by atomic mass is 9.91. The molecule has 0 aliphatic carbocycles. The van der Waals surface area contributed by atoms with Gasteiger partial charge in [0.1, 0.15) is 0 Å². The quantitative estimate of drug-likeness (QED) is 0.839. The second-order valence-corrected chi connectivity index (χ2v) is 7.29. The first-order valence-electron chi connectivity index (χ1n) is 10.0. The number of hydrogen-bond donors (Lipinski definition) is 1. The molecule has 5 heteroatoms. The Morgan fingerprint density at radius 2 is 1.79 bits per heavy atom. The van der Waals surface area contributed by atoms with Gasteiger partial charge in [0.2, 0.25) is 11.8 Å². The highest BCUT2D eigenvalue weighted by atomic mass is 16.2. The summed E-state index contributed by atoms with van der Waals surface area (Å²) in [4.78, 5) is 29.1. The minimum atomic E-state index is -0.255. The van der Waals surface area contributed by atoms with E-state index in [4.69, 9.17) is 5.73 Å². The fraction of sp³-hybridized carbons (Fsp3) is 0.391. The number of amides is 2. The van der Waals surface area contributed by atoms with Crippen molar-refractivity contribution in [1.82, 2.24) is 9.80 Å². The minimum absolute atomic E-state index is 0.0186. The average molecular weight is 380 g/mol. The van der Waals surface area contributed by atoms with Crippen LogP contribution >= 0.6 is 0 Å². The molecule has 3 rings (SSSR count). The highest BCUT2D eigenvalue weighted by Gasteiger charge is 2.32. The molecule has 0 spiro atoms. The summed E-state index contributed by atoms with van der Waals surface area (Å²) >= 11 is 0. The van der Waals surface area contributed by atoms with Gasteiger partial charge in [0.05, 0.1) is 12.5 Å². The van der Waals surface area contributed by atoms with Crippen molar-refractivity contribution >= 4 is 11.8 Å². The number of benzene rings is 2. The maximum absolute atomic E-state index is 13.2. The van der Waals surface area contributed by atoms with Gasteiger partial charge < -0.3 is 15.5 Å². The maximum Gasteiger partial charge on any atom is 0.236 e. The van der Waals surface area contributed by atoms with E-state index in [-0.39, 0.29) is 24.3 Å². The van der Waals surface area contributed by atoms with Gasteiger partial charge in [-0.2, -0.15) is 0 Å². The molecule has 1 heterocycles. The van der Waals surface area contributed by atoms with E-state index < -0.39 is 0 Å². The largest absolute Gasteiger partial charge is 0.341 e. The van der Waals surface area contributed by atoms with Gasteiger partial charge in [-0.25, -0.2) is 0 Å². The van der Waals surface area contributed by atoms with Crippen molar-refractivity contribution < 1.29 is 9.59 Å². The summed E-state index contributed by atoms with van der Waals surface area (Å²) in [7, 11) is 0. The van der Waals surface area contributed by atoms with Crippen molar-refractivity contribution in [3.63, 3.8) is 0 Å². The van der Waals surface area contributed by atoms with E-state index in [0.29, 0.717) is 26.1 Å². The second kappa shape index (κ2) is 9.51. The van der Waals surface area contributed by atoms with Gasteiger partial charge >= 0.3 is 0 Å². The lowest BCUT2D eigenvalue weighted by Gasteiger charge is -2.24. The molecule has 2 N–H and O–H groups in total. The number of carbonyl (C=O) groups excluding carboxylic acids is 2. The molecule has 0 aromatic heterocycles. The molecule has 2 aromatic carbocycles. The van der Waals surface area contributed by atoms with Crippen molar-refractivity contribution in [3.8, 4) is 11.1 Å². The lowest BCUT2D eigenvalue weighted by Crippen LogP contribution is -2.40. The number of hydrogen-bond acceptors (Lipinski definition) is 3. The van der Waals surface area contributed by atoms with Gasteiger partial charge in [-0.15, -0.1) is 0 Å². The molecule has 1 aliphatic heterocycles. The first kappa shape index (κ1) is 20.1. The molecule has 0 saturated carbocycles. The van der Waals surface area contributed by atoms with Gasteiger partial charge in [-0.05, 0) is 29.5 Å². The fourth-order valence-corrected chi connectivity index (χ4v) is 3.91. The van der Waals surface area contributed by atoms with Crippen molar-refractivity contribution in [3.05, 3.63) is 60.2 Å². The smallest absolute Gasteiger partial charge is 0.236 e. The molecule has 2 amide bonds. The van der Waals surface area contributed by atoms with Crippen LogP contribution in [0.4, 0.5) is 0 Å². The van der Waals surface area contributed by atoms with Gasteiger partial charge in [0.25, 0.3) is 0 Å². The predicted molar refractivity (Wildman–Crippen MR) is 112 cm³/mol. The normalized spacial score (nSPS) is 17.5. The van der Waals surface area contributed by atoms with Crippen molar-refractivity contribution in [1.29, 1.82) is 0 Å². The monoisotopic (exact) mass is 379 g/mol. The van der Waals surface area contributed by atoms with E-state index in [0.717, 1.165) is 29.7 Å². The minimum Gasteiger partial charge on any atom is -0.341 e. The van der Waals surface area contributed by atoms with E-state index >= 15 is 0 Å².